The van der Waals surface area contributed by atoms with Crippen LogP contribution in [0.15, 0.2) is 39.4 Å². The van der Waals surface area contributed by atoms with E-state index in [2.05, 4.69) is 21.2 Å². The van der Waals surface area contributed by atoms with E-state index in [9.17, 15) is 13.9 Å². The van der Waals surface area contributed by atoms with E-state index in [1.807, 2.05) is 0 Å². The van der Waals surface area contributed by atoms with E-state index >= 15 is 0 Å². The summed E-state index contributed by atoms with van der Waals surface area (Å²) < 4.78 is 31.6. The fourth-order valence-electron chi connectivity index (χ4n) is 1.45. The lowest BCUT2D eigenvalue weighted by atomic mass is 10.2. The first-order chi connectivity index (χ1) is 8.58. The second-order valence-corrected chi connectivity index (χ2v) is 4.51. The lowest BCUT2D eigenvalue weighted by molar-refractivity contribution is 0.162. The monoisotopic (exact) mass is 317 g/mol. The molecular formula is C12H10BrF2NO2. The molecule has 0 bridgehead atoms. The topological polar surface area (TPSA) is 45.4 Å². The Morgan fingerprint density at radius 3 is 2.78 bits per heavy atom. The molecule has 0 saturated carbocycles. The van der Waals surface area contributed by atoms with Crippen molar-refractivity contribution in [3.8, 4) is 0 Å². The van der Waals surface area contributed by atoms with Crippen LogP contribution in [0.1, 0.15) is 11.9 Å². The molecule has 0 aliphatic carbocycles. The summed E-state index contributed by atoms with van der Waals surface area (Å²) in [4.78, 5) is 0. The van der Waals surface area contributed by atoms with Crippen LogP contribution in [0, 0.1) is 11.6 Å². The van der Waals surface area contributed by atoms with Crippen LogP contribution in [0.4, 0.5) is 14.5 Å². The second kappa shape index (κ2) is 5.49. The molecule has 1 heterocycles. The minimum Gasteiger partial charge on any atom is -0.467 e. The van der Waals surface area contributed by atoms with E-state index in [0.29, 0.717) is 5.76 Å². The molecule has 1 aromatic heterocycles. The lowest BCUT2D eigenvalue weighted by Crippen LogP contribution is -2.12. The van der Waals surface area contributed by atoms with E-state index in [0.717, 1.165) is 6.07 Å². The summed E-state index contributed by atoms with van der Waals surface area (Å²) in [6.45, 7) is 0.0580. The van der Waals surface area contributed by atoms with E-state index in [-0.39, 0.29) is 16.7 Å². The van der Waals surface area contributed by atoms with Crippen molar-refractivity contribution in [3.63, 3.8) is 0 Å². The molecule has 6 heteroatoms. The molecule has 3 nitrogen and oxygen atoms in total. The van der Waals surface area contributed by atoms with Gasteiger partial charge in [-0.3, -0.25) is 0 Å². The van der Waals surface area contributed by atoms with E-state index in [1.165, 1.54) is 12.3 Å². The molecule has 18 heavy (non-hydrogen) atoms. The maximum atomic E-state index is 13.4. The number of aliphatic hydroxyl groups is 1. The van der Waals surface area contributed by atoms with Gasteiger partial charge in [0.05, 0.1) is 16.4 Å². The van der Waals surface area contributed by atoms with Gasteiger partial charge in [0.1, 0.15) is 23.5 Å². The number of hydrogen-bond acceptors (Lipinski definition) is 3. The zero-order chi connectivity index (χ0) is 13.1. The van der Waals surface area contributed by atoms with Crippen molar-refractivity contribution in [2.45, 2.75) is 6.10 Å². The molecule has 1 atom stereocenters. The zero-order valence-electron chi connectivity index (χ0n) is 9.16. The van der Waals surface area contributed by atoms with Gasteiger partial charge in [0, 0.05) is 12.6 Å². The van der Waals surface area contributed by atoms with Gasteiger partial charge in [-0.2, -0.15) is 0 Å². The Kier molecular flexibility index (Phi) is 3.98. The first-order valence-corrected chi connectivity index (χ1v) is 5.97. The highest BCUT2D eigenvalue weighted by Gasteiger charge is 2.12. The average molecular weight is 318 g/mol. The van der Waals surface area contributed by atoms with Crippen LogP contribution in [-0.4, -0.2) is 11.7 Å². The molecule has 2 aromatic rings. The highest BCUT2D eigenvalue weighted by Crippen LogP contribution is 2.24. The van der Waals surface area contributed by atoms with Gasteiger partial charge >= 0.3 is 0 Å². The molecule has 1 aromatic carbocycles. The number of furan rings is 1. The van der Waals surface area contributed by atoms with Gasteiger partial charge in [-0.1, -0.05) is 0 Å². The number of benzene rings is 1. The minimum atomic E-state index is -0.900. The second-order valence-electron chi connectivity index (χ2n) is 3.66. The predicted octanol–water partition coefficient (Wildman–Crippen LogP) is 3.47. The van der Waals surface area contributed by atoms with Crippen LogP contribution in [0.2, 0.25) is 0 Å². The highest BCUT2D eigenvalue weighted by atomic mass is 79.9. The van der Waals surface area contributed by atoms with Gasteiger partial charge in [-0.25, -0.2) is 8.78 Å². The molecule has 0 fully saturated rings. The maximum absolute atomic E-state index is 13.4. The molecule has 0 aliphatic heterocycles. The minimum absolute atomic E-state index is 0.0580. The summed E-state index contributed by atoms with van der Waals surface area (Å²) in [5.74, 6) is -1.02. The largest absolute Gasteiger partial charge is 0.467 e. The number of aliphatic hydroxyl groups excluding tert-OH is 1. The van der Waals surface area contributed by atoms with Crippen molar-refractivity contribution in [2.24, 2.45) is 0 Å². The van der Waals surface area contributed by atoms with Gasteiger partial charge in [-0.05, 0) is 34.1 Å². The van der Waals surface area contributed by atoms with Crippen molar-refractivity contribution in [2.75, 3.05) is 11.9 Å². The standard InChI is InChI=1S/C12H10BrF2NO2/c13-7-4-10(9(15)5-8(7)14)16-6-11(17)12-2-1-3-18-12/h1-5,11,16-17H,6H2. The molecule has 2 rings (SSSR count). The van der Waals surface area contributed by atoms with Crippen molar-refractivity contribution >= 4 is 21.6 Å². The Hall–Kier alpha value is -1.40. The van der Waals surface area contributed by atoms with Crippen LogP contribution < -0.4 is 5.32 Å². The number of hydrogen-bond donors (Lipinski definition) is 2. The van der Waals surface area contributed by atoms with Crippen LogP contribution in [0.3, 0.4) is 0 Å². The Labute approximate surface area is 111 Å². The van der Waals surface area contributed by atoms with Crippen molar-refractivity contribution < 1.29 is 18.3 Å². The average Bonchev–Trinajstić information content (AvgIpc) is 2.85. The first kappa shape index (κ1) is 13.0. The predicted molar refractivity (Wildman–Crippen MR) is 66.2 cm³/mol. The molecule has 1 unspecified atom stereocenters. The van der Waals surface area contributed by atoms with E-state index in [4.69, 9.17) is 4.42 Å². The van der Waals surface area contributed by atoms with Crippen LogP contribution in [0.5, 0.6) is 0 Å². The first-order valence-electron chi connectivity index (χ1n) is 5.18. The number of anilines is 1. The number of nitrogens with one attached hydrogen (secondary N) is 1. The molecule has 2 N–H and O–H groups in total. The summed E-state index contributed by atoms with van der Waals surface area (Å²) in [5, 5.41) is 12.4. The van der Waals surface area contributed by atoms with Crippen LogP contribution in [0.25, 0.3) is 0 Å². The Bertz CT molecular complexity index is 531. The van der Waals surface area contributed by atoms with Gasteiger partial charge in [0.25, 0.3) is 0 Å². The quantitative estimate of drug-likeness (QED) is 0.849. The smallest absolute Gasteiger partial charge is 0.149 e. The third-order valence-electron chi connectivity index (χ3n) is 2.37. The molecule has 96 valence electrons. The summed E-state index contributed by atoms with van der Waals surface area (Å²) in [5.41, 5.74) is 0.105. The Morgan fingerprint density at radius 1 is 1.33 bits per heavy atom. The van der Waals surface area contributed by atoms with E-state index in [1.54, 1.807) is 12.1 Å². The van der Waals surface area contributed by atoms with Crippen molar-refractivity contribution in [1.29, 1.82) is 0 Å². The molecular weight excluding hydrogens is 308 g/mol. The van der Waals surface area contributed by atoms with Crippen molar-refractivity contribution in [3.05, 3.63) is 52.4 Å². The summed E-state index contributed by atoms with van der Waals surface area (Å²) >= 11 is 2.96. The third-order valence-corrected chi connectivity index (χ3v) is 2.98. The zero-order valence-corrected chi connectivity index (χ0v) is 10.7. The van der Waals surface area contributed by atoms with E-state index < -0.39 is 17.7 Å². The SMILES string of the molecule is OC(CNc1cc(Br)c(F)cc1F)c1ccco1. The lowest BCUT2D eigenvalue weighted by Gasteiger charge is -2.12. The third kappa shape index (κ3) is 2.88. The fourth-order valence-corrected chi connectivity index (χ4v) is 1.79. The van der Waals surface area contributed by atoms with Crippen LogP contribution in [-0.2, 0) is 0 Å². The summed E-state index contributed by atoms with van der Waals surface area (Å²) in [7, 11) is 0. The Balaban J connectivity index is 2.04. The van der Waals surface area contributed by atoms with Gasteiger partial charge in [-0.15, -0.1) is 0 Å². The fraction of sp³-hybridized carbons (Fsp3) is 0.167. The van der Waals surface area contributed by atoms with Crippen LogP contribution >= 0.6 is 15.9 Å². The summed E-state index contributed by atoms with van der Waals surface area (Å²) in [6.07, 6.45) is 0.538. The summed E-state index contributed by atoms with van der Waals surface area (Å²) in [6, 6.07) is 5.31. The Morgan fingerprint density at radius 2 is 2.11 bits per heavy atom. The molecule has 0 amide bonds. The maximum Gasteiger partial charge on any atom is 0.149 e. The van der Waals surface area contributed by atoms with Gasteiger partial charge < -0.3 is 14.8 Å². The highest BCUT2D eigenvalue weighted by molar-refractivity contribution is 9.10. The molecule has 0 radical (unpaired) electrons. The molecule has 0 saturated heterocycles. The van der Waals surface area contributed by atoms with Crippen molar-refractivity contribution in [1.82, 2.24) is 0 Å². The van der Waals surface area contributed by atoms with Gasteiger partial charge in [0.15, 0.2) is 0 Å². The normalized spacial score (nSPS) is 12.4. The molecule has 0 aliphatic rings. The number of halogens is 3. The number of rotatable bonds is 4. The van der Waals surface area contributed by atoms with Gasteiger partial charge in [0.2, 0.25) is 0 Å². The molecule has 0 spiro atoms.